The lowest BCUT2D eigenvalue weighted by Crippen LogP contribution is -2.65. The maximum atomic E-state index is 13.7. The zero-order valence-corrected chi connectivity index (χ0v) is 21.3. The molecule has 0 radical (unpaired) electrons. The summed E-state index contributed by atoms with van der Waals surface area (Å²) in [6.07, 6.45) is 8.21. The van der Waals surface area contributed by atoms with Crippen molar-refractivity contribution in [3.63, 3.8) is 0 Å². The summed E-state index contributed by atoms with van der Waals surface area (Å²) in [6, 6.07) is 0.173. The summed E-state index contributed by atoms with van der Waals surface area (Å²) >= 11 is 6.59. The van der Waals surface area contributed by atoms with Gasteiger partial charge >= 0.3 is 0 Å². The minimum absolute atomic E-state index is 0.00573. The van der Waals surface area contributed by atoms with E-state index in [0.29, 0.717) is 18.1 Å². The topological polar surface area (TPSA) is 126 Å². The van der Waals surface area contributed by atoms with Crippen LogP contribution < -0.4 is 27.4 Å². The minimum atomic E-state index is -0.735. The third-order valence-corrected chi connectivity index (χ3v) is 10.2. The zero-order chi connectivity index (χ0) is 23.4. The molecule has 33 heavy (non-hydrogen) atoms. The standard InChI is InChI=1S/C23H43ClN6O2S/c24-16-3-7-23(5-1-2-6-23)13-17(28-14-16)20(21(25)26)22(31)29-18-15-27-8-4-19(18)30-9-11-33(32)12-10-30/h16-21,27-28H,1-15,25-26H2,(H,29,31). The molecule has 3 aliphatic heterocycles. The number of alkyl halides is 1. The van der Waals surface area contributed by atoms with Gasteiger partial charge in [-0.15, -0.1) is 11.6 Å². The fourth-order valence-corrected chi connectivity index (χ4v) is 7.91. The van der Waals surface area contributed by atoms with E-state index in [0.717, 1.165) is 51.9 Å². The fourth-order valence-electron chi connectivity index (χ4n) is 6.64. The highest BCUT2D eigenvalue weighted by Gasteiger charge is 2.43. The second kappa shape index (κ2) is 11.6. The Hall–Kier alpha value is -0.290. The van der Waals surface area contributed by atoms with Crippen molar-refractivity contribution in [1.82, 2.24) is 20.9 Å². The molecule has 1 spiro atoms. The molecule has 0 aromatic rings. The van der Waals surface area contributed by atoms with Crippen molar-refractivity contribution < 1.29 is 9.00 Å². The van der Waals surface area contributed by atoms with Gasteiger partial charge in [0.2, 0.25) is 5.91 Å². The molecule has 1 amide bonds. The van der Waals surface area contributed by atoms with Gasteiger partial charge in [0.1, 0.15) is 0 Å². The molecule has 0 aromatic carbocycles. The third-order valence-electron chi connectivity index (χ3n) is 8.51. The molecule has 3 saturated heterocycles. The number of piperidine rings is 1. The molecule has 1 aliphatic carbocycles. The van der Waals surface area contributed by atoms with E-state index >= 15 is 0 Å². The van der Waals surface area contributed by atoms with E-state index in [9.17, 15) is 9.00 Å². The Morgan fingerprint density at radius 1 is 1.12 bits per heavy atom. The fraction of sp³-hybridized carbons (Fsp3) is 0.957. The molecule has 8 nitrogen and oxygen atoms in total. The predicted molar refractivity (Wildman–Crippen MR) is 134 cm³/mol. The van der Waals surface area contributed by atoms with Gasteiger partial charge in [0, 0.05) is 65.9 Å². The largest absolute Gasteiger partial charge is 0.350 e. The lowest BCUT2D eigenvalue weighted by molar-refractivity contribution is -0.128. The normalized spacial score (nSPS) is 35.3. The van der Waals surface area contributed by atoms with Gasteiger partial charge in [0.15, 0.2) is 0 Å². The lowest BCUT2D eigenvalue weighted by atomic mass is 9.72. The van der Waals surface area contributed by atoms with Gasteiger partial charge in [-0.2, -0.15) is 0 Å². The van der Waals surface area contributed by atoms with Gasteiger partial charge < -0.3 is 27.4 Å². The second-order valence-corrected chi connectivity index (χ2v) is 13.0. The SMILES string of the molecule is NC(N)C(C(=O)NC1CNCCC1N1CCS(=O)CC1)C1CC2(CCCC2)CCC(Cl)CN1. The van der Waals surface area contributed by atoms with E-state index < -0.39 is 22.9 Å². The van der Waals surface area contributed by atoms with Gasteiger partial charge in [-0.3, -0.25) is 13.9 Å². The Morgan fingerprint density at radius 2 is 1.85 bits per heavy atom. The van der Waals surface area contributed by atoms with Crippen LogP contribution in [0.3, 0.4) is 0 Å². The number of hydrogen-bond donors (Lipinski definition) is 5. The molecule has 5 unspecified atom stereocenters. The lowest BCUT2D eigenvalue weighted by Gasteiger charge is -2.44. The van der Waals surface area contributed by atoms with E-state index in [-0.39, 0.29) is 34.8 Å². The molecule has 3 heterocycles. The van der Waals surface area contributed by atoms with Crippen molar-refractivity contribution >= 4 is 28.3 Å². The molecule has 0 aromatic heterocycles. The van der Waals surface area contributed by atoms with E-state index in [1.54, 1.807) is 0 Å². The molecule has 7 N–H and O–H groups in total. The summed E-state index contributed by atoms with van der Waals surface area (Å²) in [6.45, 7) is 3.99. The Morgan fingerprint density at radius 3 is 2.55 bits per heavy atom. The maximum Gasteiger partial charge on any atom is 0.227 e. The van der Waals surface area contributed by atoms with E-state index in [4.69, 9.17) is 23.1 Å². The highest BCUT2D eigenvalue weighted by atomic mass is 35.5. The zero-order valence-electron chi connectivity index (χ0n) is 19.8. The monoisotopic (exact) mass is 502 g/mol. The molecule has 4 aliphatic rings. The number of amides is 1. The number of nitrogens with zero attached hydrogens (tertiary/aromatic N) is 1. The van der Waals surface area contributed by atoms with Crippen molar-refractivity contribution in [2.24, 2.45) is 22.8 Å². The van der Waals surface area contributed by atoms with E-state index in [1.807, 2.05) is 0 Å². The van der Waals surface area contributed by atoms with Crippen LogP contribution in [0.2, 0.25) is 0 Å². The number of hydrogen-bond acceptors (Lipinski definition) is 7. The Kier molecular flexibility index (Phi) is 9.09. The Bertz CT molecular complexity index is 682. The first-order chi connectivity index (χ1) is 15.9. The van der Waals surface area contributed by atoms with Gasteiger partial charge in [0.25, 0.3) is 0 Å². The van der Waals surface area contributed by atoms with Crippen LogP contribution in [0.1, 0.15) is 51.4 Å². The predicted octanol–water partition coefficient (Wildman–Crippen LogP) is 0.0670. The van der Waals surface area contributed by atoms with Crippen molar-refractivity contribution in [3.8, 4) is 0 Å². The van der Waals surface area contributed by atoms with E-state index in [1.165, 1.54) is 25.7 Å². The van der Waals surface area contributed by atoms with Crippen LogP contribution in [-0.2, 0) is 15.6 Å². The molecule has 1 saturated carbocycles. The number of nitrogens with two attached hydrogens (primary N) is 2. The van der Waals surface area contributed by atoms with Gasteiger partial charge in [-0.05, 0) is 50.5 Å². The molecule has 4 fully saturated rings. The van der Waals surface area contributed by atoms with Crippen molar-refractivity contribution in [3.05, 3.63) is 0 Å². The molecule has 0 bridgehead atoms. The number of halogens is 1. The molecule has 190 valence electrons. The van der Waals surface area contributed by atoms with Gasteiger partial charge in [0.05, 0.1) is 18.1 Å². The third kappa shape index (κ3) is 6.48. The van der Waals surface area contributed by atoms with Crippen LogP contribution >= 0.6 is 11.6 Å². The summed E-state index contributed by atoms with van der Waals surface area (Å²) < 4.78 is 11.8. The minimum Gasteiger partial charge on any atom is -0.350 e. The highest BCUT2D eigenvalue weighted by Crippen LogP contribution is 2.47. The van der Waals surface area contributed by atoms with Crippen LogP contribution in [0, 0.1) is 11.3 Å². The van der Waals surface area contributed by atoms with E-state index in [2.05, 4.69) is 20.9 Å². The van der Waals surface area contributed by atoms with Crippen LogP contribution in [0.15, 0.2) is 0 Å². The summed E-state index contributed by atoms with van der Waals surface area (Å²) in [4.78, 5) is 16.1. The van der Waals surface area contributed by atoms with Gasteiger partial charge in [-0.1, -0.05) is 12.8 Å². The average Bonchev–Trinajstić information content (AvgIpc) is 3.25. The first-order valence-electron chi connectivity index (χ1n) is 12.9. The molecule has 5 atom stereocenters. The van der Waals surface area contributed by atoms with Crippen molar-refractivity contribution in [1.29, 1.82) is 0 Å². The highest BCUT2D eigenvalue weighted by molar-refractivity contribution is 7.85. The summed E-state index contributed by atoms with van der Waals surface area (Å²) in [5.41, 5.74) is 12.8. The average molecular weight is 503 g/mol. The molecule has 4 rings (SSSR count). The van der Waals surface area contributed by atoms with Crippen molar-refractivity contribution in [2.75, 3.05) is 44.2 Å². The first kappa shape index (κ1) is 25.8. The smallest absolute Gasteiger partial charge is 0.227 e. The first-order valence-corrected chi connectivity index (χ1v) is 14.8. The summed E-state index contributed by atoms with van der Waals surface area (Å²) in [5.74, 6) is 0.880. The van der Waals surface area contributed by atoms with Crippen LogP contribution in [-0.4, -0.2) is 88.9 Å². The molecule has 10 heteroatoms. The Labute approximate surface area is 206 Å². The quantitative estimate of drug-likeness (QED) is 0.266. The van der Waals surface area contributed by atoms with Crippen molar-refractivity contribution in [2.45, 2.75) is 81.0 Å². The Balaban J connectivity index is 1.46. The number of rotatable bonds is 5. The second-order valence-electron chi connectivity index (χ2n) is 10.7. The summed E-state index contributed by atoms with van der Waals surface area (Å²) in [5, 5.41) is 10.4. The van der Waals surface area contributed by atoms with Crippen LogP contribution in [0.5, 0.6) is 0 Å². The maximum absolute atomic E-state index is 13.7. The molecular formula is C23H43ClN6O2S. The van der Waals surface area contributed by atoms with Gasteiger partial charge in [-0.25, -0.2) is 0 Å². The number of carbonyl (C=O) groups excluding carboxylic acids is 1. The number of nitrogens with one attached hydrogen (secondary N) is 3. The van der Waals surface area contributed by atoms with Crippen LogP contribution in [0.4, 0.5) is 0 Å². The number of carbonyl (C=O) groups is 1. The molecular weight excluding hydrogens is 460 g/mol. The summed E-state index contributed by atoms with van der Waals surface area (Å²) in [7, 11) is -0.711. The van der Waals surface area contributed by atoms with Crippen LogP contribution in [0.25, 0.3) is 0 Å².